The van der Waals surface area contributed by atoms with Crippen LogP contribution < -0.4 is 0 Å². The molecule has 1 unspecified atom stereocenters. The number of phenolic OH excluding ortho intramolecular Hbond substituents is 1. The molecular formula is C62H58N3OPt-. The average molecular weight is 1060 g/mol. The predicted molar refractivity (Wildman–Crippen MR) is 276 cm³/mol. The van der Waals surface area contributed by atoms with E-state index in [1.165, 1.54) is 0 Å². The Kier molecular flexibility index (Phi) is 9.53. The number of pyridine rings is 1. The van der Waals surface area contributed by atoms with E-state index in [1.54, 1.807) is 18.3 Å². The second-order valence-electron chi connectivity index (χ2n) is 20.0. The van der Waals surface area contributed by atoms with E-state index in [-0.39, 0.29) is 72.7 Å². The van der Waals surface area contributed by atoms with Gasteiger partial charge in [0.25, 0.3) is 0 Å². The molecule has 7 aromatic carbocycles. The Balaban J connectivity index is 0.00000689. The van der Waals surface area contributed by atoms with Crippen LogP contribution in [0.25, 0.3) is 83.9 Å². The van der Waals surface area contributed by atoms with E-state index in [0.29, 0.717) is 56.1 Å². The fraction of sp³-hybridized carbons (Fsp3) is 0.226. The van der Waals surface area contributed by atoms with Crippen molar-refractivity contribution in [2.24, 2.45) is 0 Å². The van der Waals surface area contributed by atoms with E-state index in [2.05, 4.69) is 123 Å². The van der Waals surface area contributed by atoms with Crippen LogP contribution >= 0.6 is 0 Å². The number of hydrogen-bond acceptors (Lipinski definition) is 3. The number of fused-ring (bicyclic) bond motifs is 3. The third-order valence-corrected chi connectivity index (χ3v) is 13.2. The first-order valence-corrected chi connectivity index (χ1v) is 22.7. The number of hydrogen-bond donors (Lipinski definition) is 1. The Labute approximate surface area is 422 Å². The minimum absolute atomic E-state index is 0. The summed E-state index contributed by atoms with van der Waals surface area (Å²) < 4.78 is 71.9. The maximum absolute atomic E-state index is 12.6. The Hall–Kier alpha value is -6.35. The molecule has 0 saturated heterocycles. The molecule has 0 saturated carbocycles. The van der Waals surface area contributed by atoms with E-state index in [0.717, 1.165) is 50.1 Å². The van der Waals surface area contributed by atoms with Crippen LogP contribution in [0.1, 0.15) is 118 Å². The SMILES string of the molecule is [2H]c1c([2H])c([2H])c(-c2ccnc(-c3[c-]c(-c4cccc5c4nc4n5-c5ccc(cc5C([2H])([2H])[2H])-c5c(cccc5C(C)(C)C)-c5cccc(c5)C(C)c5cc-4c(O)c(C(C)C)c5)cc(C(C)(C)C)c3)c2)c([2H])c1[2H].[Pt]. The van der Waals surface area contributed by atoms with Gasteiger partial charge in [-0.15, -0.1) is 29.3 Å². The number of rotatable bonds is 4. The van der Waals surface area contributed by atoms with Gasteiger partial charge >= 0.3 is 0 Å². The van der Waals surface area contributed by atoms with Crippen LogP contribution in [0.3, 0.4) is 0 Å². The van der Waals surface area contributed by atoms with Crippen LogP contribution in [0.15, 0.2) is 152 Å². The summed E-state index contributed by atoms with van der Waals surface area (Å²) in [6.07, 6.45) is 1.57. The second-order valence-corrected chi connectivity index (χ2v) is 20.0. The van der Waals surface area contributed by atoms with Gasteiger partial charge in [0, 0.05) is 43.0 Å². The van der Waals surface area contributed by atoms with Crippen LogP contribution in [0.2, 0.25) is 0 Å². The molecule has 9 aromatic rings. The largest absolute Gasteiger partial charge is 0.507 e. The molecule has 1 atom stereocenters. The van der Waals surface area contributed by atoms with Crippen molar-refractivity contribution < 1.29 is 37.1 Å². The Morgan fingerprint density at radius 3 is 2.19 bits per heavy atom. The molecule has 2 aliphatic rings. The van der Waals surface area contributed by atoms with E-state index < -0.39 is 25.0 Å². The van der Waals surface area contributed by atoms with Gasteiger partial charge < -0.3 is 5.11 Å². The number of aryl methyl sites for hydroxylation is 1. The van der Waals surface area contributed by atoms with Crippen molar-refractivity contribution in [3.63, 3.8) is 0 Å². The topological polar surface area (TPSA) is 50.9 Å². The van der Waals surface area contributed by atoms with Gasteiger partial charge in [-0.2, -0.15) is 0 Å². The van der Waals surface area contributed by atoms with Gasteiger partial charge in [0.15, 0.2) is 0 Å². The molecular weight excluding hydrogens is 998 g/mol. The van der Waals surface area contributed by atoms with Gasteiger partial charge in [-0.3, -0.25) is 9.55 Å². The zero-order chi connectivity index (χ0) is 53.1. The molecule has 2 aromatic heterocycles. The summed E-state index contributed by atoms with van der Waals surface area (Å²) in [6, 6.07) is 39.7. The molecule has 1 N–H and O–H groups in total. The molecule has 6 bridgehead atoms. The van der Waals surface area contributed by atoms with Crippen molar-refractivity contribution in [1.29, 1.82) is 0 Å². The monoisotopic (exact) mass is 1060 g/mol. The van der Waals surface area contributed by atoms with Gasteiger partial charge in [-0.25, -0.2) is 4.98 Å². The Morgan fingerprint density at radius 2 is 1.45 bits per heavy atom. The number of phenols is 1. The number of nitrogens with zero attached hydrogens (tertiary/aromatic N) is 3. The van der Waals surface area contributed by atoms with Crippen molar-refractivity contribution in [1.82, 2.24) is 14.5 Å². The molecule has 11 rings (SSSR count). The van der Waals surface area contributed by atoms with Crippen LogP contribution in [0, 0.1) is 12.9 Å². The van der Waals surface area contributed by atoms with Crippen LogP contribution in [-0.4, -0.2) is 19.6 Å². The van der Waals surface area contributed by atoms with Gasteiger partial charge in [0.1, 0.15) is 11.6 Å². The van der Waals surface area contributed by atoms with Gasteiger partial charge in [-0.05, 0) is 115 Å². The maximum Gasteiger partial charge on any atom is 0.148 e. The predicted octanol–water partition coefficient (Wildman–Crippen LogP) is 16.4. The molecule has 4 nitrogen and oxygen atoms in total. The van der Waals surface area contributed by atoms with Gasteiger partial charge in [0.05, 0.1) is 29.1 Å². The van der Waals surface area contributed by atoms with E-state index in [9.17, 15) is 9.22 Å². The first-order valence-electron chi connectivity index (χ1n) is 26.7. The summed E-state index contributed by atoms with van der Waals surface area (Å²) in [7, 11) is 0. The summed E-state index contributed by atoms with van der Waals surface area (Å²) in [5.41, 5.74) is 13.0. The van der Waals surface area contributed by atoms with Crippen molar-refractivity contribution >= 4 is 11.0 Å². The van der Waals surface area contributed by atoms with E-state index >= 15 is 0 Å². The Bertz CT molecular complexity index is 3740. The standard InChI is InChI=1S/C62H58N3O.Pt/c1-37(2)51-34-45-35-52(59(51)66)60-64-58-50(46-31-47(33-48(32-46)61(5,6)7)54-36-42(27-28-63-54)40-17-12-11-13-18-40)22-16-24-56(58)65(60)55-26-25-44(29-38(55)3)57-49(21-15-23-53(57)62(8,9)10)43-20-14-19-41(30-43)39(45)4;/h11-30,32-37,39,66H,1-10H3;/q-1;/i3D3,11D,12D,13D,17D,18D;. The fourth-order valence-electron chi connectivity index (χ4n) is 9.48. The molecule has 4 heterocycles. The summed E-state index contributed by atoms with van der Waals surface area (Å²) in [6.45, 7) is 16.6. The van der Waals surface area contributed by atoms with Crippen LogP contribution in [-0.2, 0) is 31.9 Å². The number of imidazole rings is 1. The summed E-state index contributed by atoms with van der Waals surface area (Å²) in [5, 5.41) is 12.6. The number of aromatic hydroxyl groups is 1. The minimum Gasteiger partial charge on any atom is -0.507 e. The fourth-order valence-corrected chi connectivity index (χ4v) is 9.48. The van der Waals surface area contributed by atoms with E-state index in [1.807, 2.05) is 53.1 Å². The zero-order valence-electron chi connectivity index (χ0n) is 47.3. The van der Waals surface area contributed by atoms with Crippen LogP contribution in [0.5, 0.6) is 5.75 Å². The normalized spacial score (nSPS) is 15.3. The molecule has 0 aliphatic carbocycles. The zero-order valence-corrected chi connectivity index (χ0v) is 41.6. The summed E-state index contributed by atoms with van der Waals surface area (Å²) in [4.78, 5) is 10.3. The summed E-state index contributed by atoms with van der Waals surface area (Å²) >= 11 is 0. The molecule has 0 amide bonds. The van der Waals surface area contributed by atoms with Crippen molar-refractivity contribution in [3.8, 4) is 78.6 Å². The maximum atomic E-state index is 12.6. The average Bonchev–Trinajstić information content (AvgIpc) is 3.75. The third kappa shape index (κ3) is 8.29. The number of aromatic nitrogens is 3. The Morgan fingerprint density at radius 1 is 0.701 bits per heavy atom. The quantitative estimate of drug-likeness (QED) is 0.179. The van der Waals surface area contributed by atoms with E-state index in [4.69, 9.17) is 16.8 Å². The van der Waals surface area contributed by atoms with Gasteiger partial charge in [-0.1, -0.05) is 176 Å². The molecule has 2 aliphatic heterocycles. The third-order valence-electron chi connectivity index (χ3n) is 13.2. The number of para-hydroxylation sites is 1. The first-order chi connectivity index (χ1) is 34.8. The van der Waals surface area contributed by atoms with Crippen molar-refractivity contribution in [2.45, 2.75) is 91.8 Å². The summed E-state index contributed by atoms with van der Waals surface area (Å²) in [5.74, 6) is 0.240. The van der Waals surface area contributed by atoms with Crippen LogP contribution in [0.4, 0.5) is 0 Å². The molecule has 0 spiro atoms. The first kappa shape index (κ1) is 36.7. The minimum atomic E-state index is -2.59. The molecule has 67 heavy (non-hydrogen) atoms. The molecule has 0 fully saturated rings. The van der Waals surface area contributed by atoms with Gasteiger partial charge in [0.2, 0.25) is 0 Å². The van der Waals surface area contributed by atoms with Crippen molar-refractivity contribution in [2.75, 3.05) is 0 Å². The van der Waals surface area contributed by atoms with Crippen molar-refractivity contribution in [3.05, 3.63) is 191 Å². The number of benzene rings is 7. The molecule has 0 radical (unpaired) electrons. The molecule has 338 valence electrons. The smallest absolute Gasteiger partial charge is 0.148 e. The molecule has 5 heteroatoms. The second kappa shape index (κ2) is 17.4.